The number of hydrogen-bond acceptors (Lipinski definition) is 1. The lowest BCUT2D eigenvalue weighted by Crippen LogP contribution is -2.06. The maximum Gasteiger partial charge on any atom is 0.257 e. The summed E-state index contributed by atoms with van der Waals surface area (Å²) < 4.78 is 0. The maximum absolute atomic E-state index is 12.8. The van der Waals surface area contributed by atoms with Crippen molar-refractivity contribution in [2.24, 2.45) is 0 Å². The zero-order valence-electron chi connectivity index (χ0n) is 14.3. The minimum atomic E-state index is -0.0441. The molecule has 0 saturated carbocycles. The summed E-state index contributed by atoms with van der Waals surface area (Å²) in [5.74, 6) is -0.0441. The first-order valence-electron chi connectivity index (χ1n) is 8.42. The third-order valence-electron chi connectivity index (χ3n) is 4.60. The van der Waals surface area contributed by atoms with Crippen LogP contribution in [0, 0.1) is 13.8 Å². The second-order valence-corrected chi connectivity index (χ2v) is 6.48. The van der Waals surface area contributed by atoms with E-state index in [9.17, 15) is 4.79 Å². The SMILES string of the molecule is Cc1ccc(C(=C2C(=O)Nc3ccccc32)c2ccc(C)cc2)cc1. The Labute approximate surface area is 147 Å². The van der Waals surface area contributed by atoms with Crippen molar-refractivity contribution >= 4 is 22.7 Å². The number of carbonyl (C=O) groups excluding carboxylic acids is 1. The number of carbonyl (C=O) groups is 1. The van der Waals surface area contributed by atoms with Crippen molar-refractivity contribution in [2.75, 3.05) is 5.32 Å². The lowest BCUT2D eigenvalue weighted by Gasteiger charge is -2.13. The summed E-state index contributed by atoms with van der Waals surface area (Å²) in [4.78, 5) is 12.8. The number of amides is 1. The first kappa shape index (κ1) is 15.4. The first-order chi connectivity index (χ1) is 12.1. The summed E-state index contributed by atoms with van der Waals surface area (Å²) in [6.45, 7) is 4.14. The smallest absolute Gasteiger partial charge is 0.257 e. The van der Waals surface area contributed by atoms with Gasteiger partial charge in [-0.25, -0.2) is 0 Å². The maximum atomic E-state index is 12.8. The molecule has 3 aromatic carbocycles. The van der Waals surface area contributed by atoms with Crippen LogP contribution in [0.4, 0.5) is 5.69 Å². The fourth-order valence-electron chi connectivity index (χ4n) is 3.26. The zero-order valence-corrected chi connectivity index (χ0v) is 14.3. The van der Waals surface area contributed by atoms with Crippen LogP contribution in [0.3, 0.4) is 0 Å². The van der Waals surface area contributed by atoms with Crippen LogP contribution in [0.25, 0.3) is 11.1 Å². The van der Waals surface area contributed by atoms with Gasteiger partial charge in [-0.1, -0.05) is 77.9 Å². The number of aryl methyl sites for hydroxylation is 2. The Morgan fingerprint density at radius 3 is 1.80 bits per heavy atom. The molecule has 0 atom stereocenters. The van der Waals surface area contributed by atoms with Gasteiger partial charge in [-0.05, 0) is 31.0 Å². The van der Waals surface area contributed by atoms with Crippen LogP contribution in [0.2, 0.25) is 0 Å². The van der Waals surface area contributed by atoms with E-state index in [1.165, 1.54) is 11.1 Å². The van der Waals surface area contributed by atoms with Gasteiger partial charge in [0.2, 0.25) is 0 Å². The molecule has 2 nitrogen and oxygen atoms in total. The molecule has 0 fully saturated rings. The van der Waals surface area contributed by atoms with Crippen molar-refractivity contribution in [3.05, 3.63) is 101 Å². The fraction of sp³-hybridized carbons (Fsp3) is 0.0870. The summed E-state index contributed by atoms with van der Waals surface area (Å²) in [7, 11) is 0. The summed E-state index contributed by atoms with van der Waals surface area (Å²) in [6, 6.07) is 24.6. The van der Waals surface area contributed by atoms with Crippen LogP contribution in [0.15, 0.2) is 72.8 Å². The van der Waals surface area contributed by atoms with Crippen molar-refractivity contribution in [3.63, 3.8) is 0 Å². The van der Waals surface area contributed by atoms with Crippen LogP contribution in [0.5, 0.6) is 0 Å². The van der Waals surface area contributed by atoms with E-state index in [1.807, 2.05) is 24.3 Å². The normalized spacial score (nSPS) is 12.7. The molecule has 0 radical (unpaired) electrons. The molecule has 1 aliphatic rings. The van der Waals surface area contributed by atoms with Gasteiger partial charge in [0.05, 0.1) is 5.57 Å². The van der Waals surface area contributed by atoms with Crippen molar-refractivity contribution < 1.29 is 4.79 Å². The third-order valence-corrected chi connectivity index (χ3v) is 4.60. The molecule has 0 saturated heterocycles. The standard InChI is InChI=1S/C23H19NO/c1-15-7-11-17(12-8-15)21(18-13-9-16(2)10-14-18)22-19-5-3-4-6-20(19)24-23(22)25/h3-14H,1-2H3,(H,24,25). The van der Waals surface area contributed by atoms with Gasteiger partial charge in [0.15, 0.2) is 0 Å². The van der Waals surface area contributed by atoms with Crippen LogP contribution in [-0.4, -0.2) is 5.91 Å². The number of anilines is 1. The number of rotatable bonds is 2. The van der Waals surface area contributed by atoms with Gasteiger partial charge < -0.3 is 5.32 Å². The second-order valence-electron chi connectivity index (χ2n) is 6.48. The van der Waals surface area contributed by atoms with E-state index in [2.05, 4.69) is 67.7 Å². The number of fused-ring (bicyclic) bond motifs is 1. The quantitative estimate of drug-likeness (QED) is 0.643. The molecule has 2 heteroatoms. The van der Waals surface area contributed by atoms with E-state index in [4.69, 9.17) is 0 Å². The Kier molecular flexibility index (Phi) is 3.73. The van der Waals surface area contributed by atoms with Crippen molar-refractivity contribution in [2.45, 2.75) is 13.8 Å². The molecule has 1 amide bonds. The summed E-state index contributed by atoms with van der Waals surface area (Å²) in [5, 5.41) is 2.99. The third kappa shape index (κ3) is 2.76. The topological polar surface area (TPSA) is 29.1 Å². The van der Waals surface area contributed by atoms with Crippen molar-refractivity contribution in [1.29, 1.82) is 0 Å². The number of benzene rings is 3. The van der Waals surface area contributed by atoms with Gasteiger partial charge in [0.1, 0.15) is 0 Å². The van der Waals surface area contributed by atoms with E-state index in [1.54, 1.807) is 0 Å². The number of nitrogens with one attached hydrogen (secondary N) is 1. The highest BCUT2D eigenvalue weighted by Crippen LogP contribution is 2.39. The second kappa shape index (κ2) is 6.06. The molecule has 4 rings (SSSR count). The van der Waals surface area contributed by atoms with Gasteiger partial charge in [0.25, 0.3) is 5.91 Å². The summed E-state index contributed by atoms with van der Waals surface area (Å²) >= 11 is 0. The molecule has 0 unspecified atom stereocenters. The van der Waals surface area contributed by atoms with Crippen LogP contribution in [-0.2, 0) is 4.79 Å². The minimum absolute atomic E-state index is 0.0441. The number of para-hydroxylation sites is 1. The van der Waals surface area contributed by atoms with Crippen LogP contribution >= 0.6 is 0 Å². The van der Waals surface area contributed by atoms with Crippen molar-refractivity contribution in [1.82, 2.24) is 0 Å². The van der Waals surface area contributed by atoms with Gasteiger partial charge in [-0.15, -0.1) is 0 Å². The van der Waals surface area contributed by atoms with Gasteiger partial charge >= 0.3 is 0 Å². The van der Waals surface area contributed by atoms with E-state index in [0.29, 0.717) is 0 Å². The molecule has 1 heterocycles. The highest BCUT2D eigenvalue weighted by Gasteiger charge is 2.28. The van der Waals surface area contributed by atoms with Gasteiger partial charge in [-0.3, -0.25) is 4.79 Å². The average molecular weight is 325 g/mol. The largest absolute Gasteiger partial charge is 0.321 e. The molecule has 0 aliphatic carbocycles. The van der Waals surface area contributed by atoms with Crippen LogP contribution in [0.1, 0.15) is 27.8 Å². The van der Waals surface area contributed by atoms with E-state index in [-0.39, 0.29) is 5.91 Å². The molecule has 0 aromatic heterocycles. The molecule has 0 spiro atoms. The summed E-state index contributed by atoms with van der Waals surface area (Å²) in [6.07, 6.45) is 0. The van der Waals surface area contributed by atoms with Gasteiger partial charge in [-0.2, -0.15) is 0 Å². The van der Waals surface area contributed by atoms with E-state index < -0.39 is 0 Å². The predicted octanol–water partition coefficient (Wildman–Crippen LogP) is 5.21. The Balaban J connectivity index is 2.02. The Bertz CT molecular complexity index is 932. The Morgan fingerprint density at radius 1 is 0.720 bits per heavy atom. The molecule has 0 bridgehead atoms. The highest BCUT2D eigenvalue weighted by atomic mass is 16.2. The highest BCUT2D eigenvalue weighted by molar-refractivity contribution is 6.38. The lowest BCUT2D eigenvalue weighted by atomic mass is 9.89. The molecule has 25 heavy (non-hydrogen) atoms. The molecule has 3 aromatic rings. The van der Waals surface area contributed by atoms with Crippen LogP contribution < -0.4 is 5.32 Å². The first-order valence-corrected chi connectivity index (χ1v) is 8.42. The minimum Gasteiger partial charge on any atom is -0.321 e. The molecular weight excluding hydrogens is 306 g/mol. The average Bonchev–Trinajstić information content (AvgIpc) is 2.95. The van der Waals surface area contributed by atoms with E-state index >= 15 is 0 Å². The zero-order chi connectivity index (χ0) is 17.4. The molecule has 1 N–H and O–H groups in total. The Morgan fingerprint density at radius 2 is 1.24 bits per heavy atom. The Hall–Kier alpha value is -3.13. The monoisotopic (exact) mass is 325 g/mol. The lowest BCUT2D eigenvalue weighted by molar-refractivity contribution is -0.110. The summed E-state index contributed by atoms with van der Waals surface area (Å²) in [5.41, 5.74) is 8.06. The van der Waals surface area contributed by atoms with E-state index in [0.717, 1.165) is 33.5 Å². The predicted molar refractivity (Wildman–Crippen MR) is 103 cm³/mol. The number of hydrogen-bond donors (Lipinski definition) is 1. The molecule has 1 aliphatic heterocycles. The fourth-order valence-corrected chi connectivity index (χ4v) is 3.26. The molecule has 122 valence electrons. The van der Waals surface area contributed by atoms with Gasteiger partial charge in [0, 0.05) is 16.8 Å². The van der Waals surface area contributed by atoms with Crippen molar-refractivity contribution in [3.8, 4) is 0 Å². The molecular formula is C23H19NO.